The Morgan fingerprint density at radius 3 is 2.65 bits per heavy atom. The molecule has 112 valence electrons. The summed E-state index contributed by atoms with van der Waals surface area (Å²) in [4.78, 5) is 24.2. The average molecular weight is 282 g/mol. The molecule has 0 saturated heterocycles. The number of nitrogens with zero attached hydrogens (tertiary/aromatic N) is 1. The Balaban J connectivity index is 2.52. The molecule has 2 N–H and O–H groups in total. The second-order valence-corrected chi connectivity index (χ2v) is 4.90. The third kappa shape index (κ3) is 5.34. The standard InChI is InChI=1S/C14H22N2O4/c1-4-5-11(8-13(17)18)15-14(19)16(3)9-12-7-6-10(2)20-12/h6-7,11H,4-5,8-9H2,1-3H3,(H,15,19)(H,17,18). The largest absolute Gasteiger partial charge is 0.481 e. The van der Waals surface area contributed by atoms with Crippen molar-refractivity contribution in [3.63, 3.8) is 0 Å². The van der Waals surface area contributed by atoms with Gasteiger partial charge in [0.1, 0.15) is 11.5 Å². The summed E-state index contributed by atoms with van der Waals surface area (Å²) in [5.74, 6) is 0.585. The maximum Gasteiger partial charge on any atom is 0.317 e. The fourth-order valence-electron chi connectivity index (χ4n) is 1.94. The lowest BCUT2D eigenvalue weighted by molar-refractivity contribution is -0.137. The van der Waals surface area contributed by atoms with Crippen LogP contribution >= 0.6 is 0 Å². The third-order valence-electron chi connectivity index (χ3n) is 2.92. The lowest BCUT2D eigenvalue weighted by atomic mass is 10.1. The maximum absolute atomic E-state index is 12.0. The molecule has 1 rings (SSSR count). The first kappa shape index (κ1) is 16.1. The van der Waals surface area contributed by atoms with Crippen LogP contribution in [0.1, 0.15) is 37.7 Å². The van der Waals surface area contributed by atoms with Crippen LogP contribution in [0.4, 0.5) is 4.79 Å². The van der Waals surface area contributed by atoms with Crippen LogP contribution in [0.25, 0.3) is 0 Å². The van der Waals surface area contributed by atoms with E-state index in [0.717, 1.165) is 12.2 Å². The number of carbonyl (C=O) groups is 2. The Bertz CT molecular complexity index is 456. The van der Waals surface area contributed by atoms with Crippen LogP contribution in [0.5, 0.6) is 0 Å². The van der Waals surface area contributed by atoms with Gasteiger partial charge in [-0.1, -0.05) is 13.3 Å². The molecule has 1 heterocycles. The van der Waals surface area contributed by atoms with Gasteiger partial charge >= 0.3 is 12.0 Å². The molecular weight excluding hydrogens is 260 g/mol. The van der Waals surface area contributed by atoms with Gasteiger partial charge in [0, 0.05) is 13.1 Å². The molecule has 0 aromatic carbocycles. The predicted molar refractivity (Wildman–Crippen MR) is 74.4 cm³/mol. The van der Waals surface area contributed by atoms with Crippen LogP contribution in [0.15, 0.2) is 16.5 Å². The molecule has 20 heavy (non-hydrogen) atoms. The molecule has 1 aromatic rings. The van der Waals surface area contributed by atoms with Crippen molar-refractivity contribution in [2.45, 2.75) is 45.7 Å². The van der Waals surface area contributed by atoms with E-state index in [-0.39, 0.29) is 18.5 Å². The number of carbonyl (C=O) groups excluding carboxylic acids is 1. The van der Waals surface area contributed by atoms with E-state index in [1.807, 2.05) is 26.0 Å². The summed E-state index contributed by atoms with van der Waals surface area (Å²) in [7, 11) is 1.65. The van der Waals surface area contributed by atoms with Gasteiger partial charge in [-0.15, -0.1) is 0 Å². The van der Waals surface area contributed by atoms with Crippen molar-refractivity contribution in [3.05, 3.63) is 23.7 Å². The average Bonchev–Trinajstić information content (AvgIpc) is 2.74. The van der Waals surface area contributed by atoms with Crippen molar-refractivity contribution in [1.29, 1.82) is 0 Å². The molecular formula is C14H22N2O4. The minimum Gasteiger partial charge on any atom is -0.481 e. The Morgan fingerprint density at radius 1 is 1.45 bits per heavy atom. The van der Waals surface area contributed by atoms with Crippen LogP contribution in [0, 0.1) is 6.92 Å². The first-order valence-electron chi connectivity index (χ1n) is 6.71. The molecule has 0 saturated carbocycles. The maximum atomic E-state index is 12.0. The lowest BCUT2D eigenvalue weighted by Gasteiger charge is -2.21. The highest BCUT2D eigenvalue weighted by Crippen LogP contribution is 2.09. The lowest BCUT2D eigenvalue weighted by Crippen LogP contribution is -2.43. The number of carboxylic acids is 1. The zero-order valence-electron chi connectivity index (χ0n) is 12.2. The van der Waals surface area contributed by atoms with Gasteiger partial charge < -0.3 is 19.7 Å². The molecule has 0 aliphatic heterocycles. The smallest absolute Gasteiger partial charge is 0.317 e. The molecule has 1 unspecified atom stereocenters. The topological polar surface area (TPSA) is 82.8 Å². The summed E-state index contributed by atoms with van der Waals surface area (Å²) in [6, 6.07) is 3.02. The van der Waals surface area contributed by atoms with E-state index in [4.69, 9.17) is 9.52 Å². The van der Waals surface area contributed by atoms with E-state index < -0.39 is 5.97 Å². The van der Waals surface area contributed by atoms with Crippen molar-refractivity contribution < 1.29 is 19.1 Å². The van der Waals surface area contributed by atoms with E-state index >= 15 is 0 Å². The number of aryl methyl sites for hydroxylation is 1. The Kier molecular flexibility index (Phi) is 6.09. The molecule has 0 aliphatic rings. The highest BCUT2D eigenvalue weighted by molar-refractivity contribution is 5.75. The van der Waals surface area contributed by atoms with Crippen LogP contribution in [-0.4, -0.2) is 35.1 Å². The summed E-state index contributed by atoms with van der Waals surface area (Å²) in [5, 5.41) is 11.6. The number of hydrogen-bond donors (Lipinski definition) is 2. The number of nitrogens with one attached hydrogen (secondary N) is 1. The zero-order valence-corrected chi connectivity index (χ0v) is 12.2. The Hall–Kier alpha value is -1.98. The number of rotatable bonds is 7. The molecule has 0 spiro atoms. The van der Waals surface area contributed by atoms with Gasteiger partial charge in [-0.3, -0.25) is 4.79 Å². The van der Waals surface area contributed by atoms with Crippen molar-refractivity contribution in [2.75, 3.05) is 7.05 Å². The molecule has 1 aromatic heterocycles. The quantitative estimate of drug-likeness (QED) is 0.804. The number of aliphatic carboxylic acids is 1. The van der Waals surface area contributed by atoms with E-state index in [2.05, 4.69) is 5.32 Å². The van der Waals surface area contributed by atoms with Crippen molar-refractivity contribution in [1.82, 2.24) is 10.2 Å². The van der Waals surface area contributed by atoms with Crippen LogP contribution in [-0.2, 0) is 11.3 Å². The molecule has 6 nitrogen and oxygen atoms in total. The summed E-state index contributed by atoms with van der Waals surface area (Å²) in [5.41, 5.74) is 0. The van der Waals surface area contributed by atoms with Gasteiger partial charge in [0.2, 0.25) is 0 Å². The highest BCUT2D eigenvalue weighted by atomic mass is 16.4. The van der Waals surface area contributed by atoms with E-state index in [0.29, 0.717) is 18.7 Å². The first-order valence-corrected chi connectivity index (χ1v) is 6.71. The molecule has 2 amide bonds. The number of carboxylic acid groups (broad SMARTS) is 1. The minimum absolute atomic E-state index is 0.0622. The van der Waals surface area contributed by atoms with Gasteiger partial charge in [-0.05, 0) is 25.5 Å². The van der Waals surface area contributed by atoms with Gasteiger partial charge in [-0.2, -0.15) is 0 Å². The molecule has 1 atom stereocenters. The second kappa shape index (κ2) is 7.57. The predicted octanol–water partition coefficient (Wildman–Crippen LogP) is 2.37. The minimum atomic E-state index is -0.909. The van der Waals surface area contributed by atoms with E-state index in [1.54, 1.807) is 7.05 Å². The van der Waals surface area contributed by atoms with Gasteiger partial charge in [-0.25, -0.2) is 4.79 Å². The summed E-state index contributed by atoms with van der Waals surface area (Å²) < 4.78 is 5.41. The molecule has 0 aliphatic carbocycles. The van der Waals surface area contributed by atoms with Crippen molar-refractivity contribution in [2.24, 2.45) is 0 Å². The third-order valence-corrected chi connectivity index (χ3v) is 2.92. The number of furan rings is 1. The molecule has 0 bridgehead atoms. The van der Waals surface area contributed by atoms with Crippen molar-refractivity contribution in [3.8, 4) is 0 Å². The van der Waals surface area contributed by atoms with Gasteiger partial charge in [0.15, 0.2) is 0 Å². The molecule has 0 radical (unpaired) electrons. The fourth-order valence-corrected chi connectivity index (χ4v) is 1.94. The zero-order chi connectivity index (χ0) is 15.1. The monoisotopic (exact) mass is 282 g/mol. The summed E-state index contributed by atoms with van der Waals surface area (Å²) in [6.07, 6.45) is 1.40. The second-order valence-electron chi connectivity index (χ2n) is 4.90. The Labute approximate surface area is 118 Å². The van der Waals surface area contributed by atoms with Crippen molar-refractivity contribution >= 4 is 12.0 Å². The van der Waals surface area contributed by atoms with Crippen LogP contribution < -0.4 is 5.32 Å². The van der Waals surface area contributed by atoms with Crippen LogP contribution in [0.2, 0.25) is 0 Å². The van der Waals surface area contributed by atoms with Crippen LogP contribution in [0.3, 0.4) is 0 Å². The van der Waals surface area contributed by atoms with Gasteiger partial charge in [0.25, 0.3) is 0 Å². The van der Waals surface area contributed by atoms with Gasteiger partial charge in [0.05, 0.1) is 13.0 Å². The fraction of sp³-hybridized carbons (Fsp3) is 0.571. The normalized spacial score (nSPS) is 11.9. The molecule has 0 fully saturated rings. The highest BCUT2D eigenvalue weighted by Gasteiger charge is 2.18. The van der Waals surface area contributed by atoms with E-state index in [9.17, 15) is 9.59 Å². The first-order chi connectivity index (χ1) is 9.42. The SMILES string of the molecule is CCCC(CC(=O)O)NC(=O)N(C)Cc1ccc(C)o1. The number of urea groups is 1. The summed E-state index contributed by atoms with van der Waals surface area (Å²) >= 11 is 0. The Morgan fingerprint density at radius 2 is 2.15 bits per heavy atom. The van der Waals surface area contributed by atoms with E-state index in [1.165, 1.54) is 4.90 Å². The number of amides is 2. The molecule has 6 heteroatoms. The summed E-state index contributed by atoms with van der Waals surface area (Å²) in [6.45, 7) is 4.15. The number of hydrogen-bond acceptors (Lipinski definition) is 3.